The van der Waals surface area contributed by atoms with Crippen LogP contribution in [0.5, 0.6) is 0 Å². The van der Waals surface area contributed by atoms with Crippen LogP contribution in [0.4, 0.5) is 5.69 Å². The summed E-state index contributed by atoms with van der Waals surface area (Å²) in [5, 5.41) is 22.1. The number of hydrogen-bond acceptors (Lipinski definition) is 5. The molecule has 0 unspecified atom stereocenters. The maximum atomic E-state index is 10.2. The van der Waals surface area contributed by atoms with E-state index in [4.69, 9.17) is 0 Å². The molecule has 3 heterocycles. The molecule has 0 N–H and O–H groups in total. The molecule has 2 aromatic carbocycles. The zero-order chi connectivity index (χ0) is 21.2. The van der Waals surface area contributed by atoms with Gasteiger partial charge < -0.3 is 9.47 Å². The molecule has 32 heavy (non-hydrogen) atoms. The second-order valence-corrected chi connectivity index (χ2v) is 8.71. The third kappa shape index (κ3) is 4.13. The van der Waals surface area contributed by atoms with E-state index >= 15 is 0 Å². The van der Waals surface area contributed by atoms with Crippen molar-refractivity contribution in [3.8, 4) is 6.07 Å². The van der Waals surface area contributed by atoms with Gasteiger partial charge in [-0.05, 0) is 37.5 Å². The molecule has 5 nitrogen and oxygen atoms in total. The number of aromatic nitrogens is 3. The average molecular weight is 506 g/mol. The summed E-state index contributed by atoms with van der Waals surface area (Å²) in [4.78, 5) is 2.17. The molecule has 0 atom stereocenters. The van der Waals surface area contributed by atoms with Gasteiger partial charge in [-0.2, -0.15) is 5.26 Å². The number of rotatable bonds is 3. The third-order valence-electron chi connectivity index (χ3n) is 5.75. The molecule has 1 aromatic heterocycles. The van der Waals surface area contributed by atoms with Gasteiger partial charge in [0.2, 0.25) is 0 Å². The number of nitrogens with zero attached hydrogens (tertiary/aromatic N) is 5. The Morgan fingerprint density at radius 2 is 1.78 bits per heavy atom. The first-order valence-corrected chi connectivity index (χ1v) is 11.5. The molecule has 0 spiro atoms. The molecule has 2 aliphatic rings. The van der Waals surface area contributed by atoms with Crippen molar-refractivity contribution in [3.05, 3.63) is 87.8 Å². The number of allylic oxidation sites excluding steroid dienone is 1. The lowest BCUT2D eigenvalue weighted by Crippen LogP contribution is -2.18. The summed E-state index contributed by atoms with van der Waals surface area (Å²) >= 11 is 1.58. The SMILES string of the molecule is Br.Cc1ccc(C2=CSC(=C(C#N)c3nnc4n3CCCCC4)N2c2ccccc2)cc1. The van der Waals surface area contributed by atoms with Crippen molar-refractivity contribution in [2.75, 3.05) is 4.90 Å². The van der Waals surface area contributed by atoms with Gasteiger partial charge in [0.1, 0.15) is 22.5 Å². The van der Waals surface area contributed by atoms with Crippen molar-refractivity contribution >= 4 is 45.7 Å². The topological polar surface area (TPSA) is 57.7 Å². The van der Waals surface area contributed by atoms with Crippen molar-refractivity contribution < 1.29 is 0 Å². The van der Waals surface area contributed by atoms with E-state index in [2.05, 4.69) is 74.5 Å². The monoisotopic (exact) mass is 505 g/mol. The number of thioether (sulfide) groups is 1. The molecule has 0 fully saturated rings. The van der Waals surface area contributed by atoms with Gasteiger partial charge in [-0.15, -0.1) is 27.2 Å². The fourth-order valence-electron chi connectivity index (χ4n) is 4.12. The first-order valence-electron chi connectivity index (χ1n) is 10.6. The predicted octanol–water partition coefficient (Wildman–Crippen LogP) is 6.34. The van der Waals surface area contributed by atoms with Crippen molar-refractivity contribution in [3.63, 3.8) is 0 Å². The minimum Gasteiger partial charge on any atom is -0.310 e. The second-order valence-electron chi connectivity index (χ2n) is 7.85. The van der Waals surface area contributed by atoms with Gasteiger partial charge in [0.25, 0.3) is 0 Å². The fourth-order valence-corrected chi connectivity index (χ4v) is 5.14. The Labute approximate surface area is 203 Å². The van der Waals surface area contributed by atoms with Crippen molar-refractivity contribution in [2.24, 2.45) is 0 Å². The molecule has 7 heteroatoms. The largest absolute Gasteiger partial charge is 0.310 e. The van der Waals surface area contributed by atoms with Gasteiger partial charge in [0.05, 0.1) is 5.70 Å². The second kappa shape index (κ2) is 9.76. The highest BCUT2D eigenvalue weighted by atomic mass is 79.9. The van der Waals surface area contributed by atoms with E-state index in [-0.39, 0.29) is 17.0 Å². The standard InChI is InChI=1S/C25H23N5S.BrH/c1-18-11-13-19(14-12-18)22-17-31-25(30(22)20-8-4-2-5-9-20)21(16-26)24-28-27-23-10-6-3-7-15-29(23)24;/h2,4-5,8-9,11-14,17H,3,6-7,10,15H2,1H3;1H. The molecular weight excluding hydrogens is 482 g/mol. The number of benzene rings is 2. The molecule has 0 saturated carbocycles. The Morgan fingerprint density at radius 3 is 2.53 bits per heavy atom. The van der Waals surface area contributed by atoms with Crippen LogP contribution in [0.25, 0.3) is 11.3 Å². The molecule has 162 valence electrons. The first-order chi connectivity index (χ1) is 15.3. The van der Waals surface area contributed by atoms with Gasteiger partial charge in [0.15, 0.2) is 5.82 Å². The molecular formula is C25H24BrN5S. The number of fused-ring (bicyclic) bond motifs is 1. The van der Waals surface area contributed by atoms with E-state index in [0.29, 0.717) is 11.4 Å². The average Bonchev–Trinajstić information content (AvgIpc) is 3.33. The molecule has 5 rings (SSSR count). The third-order valence-corrected chi connectivity index (χ3v) is 6.70. The minimum absolute atomic E-state index is 0. The summed E-state index contributed by atoms with van der Waals surface area (Å²) in [5.41, 5.74) is 5.01. The van der Waals surface area contributed by atoms with E-state index in [9.17, 15) is 5.26 Å². The number of hydrogen-bond donors (Lipinski definition) is 0. The number of anilines is 1. The van der Waals surface area contributed by atoms with Crippen LogP contribution in [0.1, 0.15) is 42.0 Å². The Kier molecular flexibility index (Phi) is 6.83. The van der Waals surface area contributed by atoms with Crippen LogP contribution in [0.15, 0.2) is 65.0 Å². The van der Waals surface area contributed by atoms with Crippen LogP contribution < -0.4 is 4.90 Å². The zero-order valence-corrected chi connectivity index (χ0v) is 20.4. The summed E-state index contributed by atoms with van der Waals surface area (Å²) in [6, 6.07) is 21.2. The number of para-hydroxylation sites is 1. The van der Waals surface area contributed by atoms with Crippen LogP contribution in [0.3, 0.4) is 0 Å². The van der Waals surface area contributed by atoms with Gasteiger partial charge in [0, 0.05) is 24.1 Å². The van der Waals surface area contributed by atoms with Crippen molar-refractivity contribution in [1.29, 1.82) is 5.26 Å². The Hall–Kier alpha value is -2.82. The lowest BCUT2D eigenvalue weighted by Gasteiger charge is -2.25. The van der Waals surface area contributed by atoms with E-state index in [1.165, 1.54) is 12.0 Å². The Morgan fingerprint density at radius 1 is 1.00 bits per heavy atom. The fraction of sp³-hybridized carbons (Fsp3) is 0.240. The Balaban J connectivity index is 0.00000245. The summed E-state index contributed by atoms with van der Waals surface area (Å²) in [5.74, 6) is 1.67. The van der Waals surface area contributed by atoms with Crippen LogP contribution in [0, 0.1) is 18.3 Å². The molecule has 0 bridgehead atoms. The quantitative estimate of drug-likeness (QED) is 0.389. The van der Waals surface area contributed by atoms with Gasteiger partial charge in [-0.25, -0.2) is 0 Å². The van der Waals surface area contributed by atoms with Gasteiger partial charge in [-0.3, -0.25) is 0 Å². The minimum atomic E-state index is 0. The maximum absolute atomic E-state index is 10.2. The zero-order valence-electron chi connectivity index (χ0n) is 17.9. The van der Waals surface area contributed by atoms with Gasteiger partial charge >= 0.3 is 0 Å². The molecule has 0 saturated heterocycles. The lowest BCUT2D eigenvalue weighted by atomic mass is 10.1. The molecule has 3 aromatic rings. The van der Waals surface area contributed by atoms with Crippen LogP contribution in [-0.2, 0) is 13.0 Å². The molecule has 2 aliphatic heterocycles. The summed E-state index contributed by atoms with van der Waals surface area (Å²) < 4.78 is 2.14. The number of aryl methyl sites for hydroxylation is 2. The van der Waals surface area contributed by atoms with Crippen molar-refractivity contribution in [2.45, 2.75) is 39.2 Å². The highest BCUT2D eigenvalue weighted by molar-refractivity contribution is 8.93. The van der Waals surface area contributed by atoms with E-state index in [0.717, 1.165) is 53.6 Å². The highest BCUT2D eigenvalue weighted by Gasteiger charge is 2.30. The van der Waals surface area contributed by atoms with E-state index in [1.54, 1.807) is 11.8 Å². The van der Waals surface area contributed by atoms with E-state index < -0.39 is 0 Å². The summed E-state index contributed by atoms with van der Waals surface area (Å²) in [6.45, 7) is 2.96. The molecule has 0 radical (unpaired) electrons. The van der Waals surface area contributed by atoms with Crippen LogP contribution in [0.2, 0.25) is 0 Å². The first kappa shape index (κ1) is 22.4. The van der Waals surface area contributed by atoms with Gasteiger partial charge in [-0.1, -0.05) is 66.2 Å². The summed E-state index contributed by atoms with van der Waals surface area (Å²) in [6.07, 6.45) is 4.32. The number of nitriles is 1. The smallest absolute Gasteiger partial charge is 0.177 e. The summed E-state index contributed by atoms with van der Waals surface area (Å²) in [7, 11) is 0. The van der Waals surface area contributed by atoms with Crippen LogP contribution >= 0.6 is 28.7 Å². The lowest BCUT2D eigenvalue weighted by molar-refractivity contribution is 0.627. The predicted molar refractivity (Wildman–Crippen MR) is 136 cm³/mol. The Bertz CT molecular complexity index is 1210. The molecule has 0 amide bonds. The molecule has 0 aliphatic carbocycles. The van der Waals surface area contributed by atoms with Crippen molar-refractivity contribution in [1.82, 2.24) is 14.8 Å². The number of halogens is 1. The van der Waals surface area contributed by atoms with E-state index in [1.807, 2.05) is 18.2 Å². The maximum Gasteiger partial charge on any atom is 0.177 e. The normalized spacial score (nSPS) is 17.0. The van der Waals surface area contributed by atoms with Crippen LogP contribution in [-0.4, -0.2) is 14.8 Å². The highest BCUT2D eigenvalue weighted by Crippen LogP contribution is 2.46.